The molecule has 88 valence electrons. The number of alkyl carbamates (subject to hydrolysis) is 1. The molecule has 2 atom stereocenters. The van der Waals surface area contributed by atoms with Crippen molar-refractivity contribution in [1.82, 2.24) is 5.32 Å². The number of hydrogen-bond acceptors (Lipinski definition) is 3. The summed E-state index contributed by atoms with van der Waals surface area (Å²) in [6.07, 6.45) is 1.43. The topological polar surface area (TPSA) is 47.6 Å². The van der Waals surface area contributed by atoms with Crippen molar-refractivity contribution in [3.8, 4) is 0 Å². The van der Waals surface area contributed by atoms with Crippen molar-refractivity contribution in [3.05, 3.63) is 0 Å². The molecule has 1 N–H and O–H groups in total. The zero-order valence-corrected chi connectivity index (χ0v) is 10.0. The molecule has 4 nitrogen and oxygen atoms in total. The van der Waals surface area contributed by atoms with E-state index in [-0.39, 0.29) is 23.8 Å². The molecule has 0 spiro atoms. The fraction of sp³-hybridized carbons (Fsp3) is 0.909. The van der Waals surface area contributed by atoms with Crippen LogP contribution in [0.4, 0.5) is 4.79 Å². The fourth-order valence-electron chi connectivity index (χ4n) is 1.55. The monoisotopic (exact) mass is 215 g/mol. The summed E-state index contributed by atoms with van der Waals surface area (Å²) in [6, 6.07) is 0. The molecule has 1 heterocycles. The smallest absolute Gasteiger partial charge is 0.407 e. The van der Waals surface area contributed by atoms with E-state index in [2.05, 4.69) is 5.32 Å². The third kappa shape index (κ3) is 5.02. The van der Waals surface area contributed by atoms with Gasteiger partial charge in [-0.3, -0.25) is 0 Å². The lowest BCUT2D eigenvalue weighted by atomic mass is 10.1. The van der Waals surface area contributed by atoms with Crippen LogP contribution in [0, 0.1) is 0 Å². The molecule has 0 aromatic carbocycles. The molecular formula is C11H21NO3. The molecule has 1 amide bonds. The molecule has 1 saturated heterocycles. The number of hydrogen-bond donors (Lipinski definition) is 1. The summed E-state index contributed by atoms with van der Waals surface area (Å²) < 4.78 is 10.7. The van der Waals surface area contributed by atoms with Gasteiger partial charge in [0.25, 0.3) is 0 Å². The van der Waals surface area contributed by atoms with Gasteiger partial charge in [0.2, 0.25) is 0 Å². The molecule has 1 fully saturated rings. The second kappa shape index (κ2) is 4.84. The molecule has 1 aliphatic rings. The third-order valence-electron chi connectivity index (χ3n) is 2.19. The molecule has 0 aromatic rings. The van der Waals surface area contributed by atoms with Crippen molar-refractivity contribution < 1.29 is 14.3 Å². The Hall–Kier alpha value is -0.770. The molecule has 15 heavy (non-hydrogen) atoms. The van der Waals surface area contributed by atoms with Crippen LogP contribution in [0.1, 0.15) is 40.5 Å². The van der Waals surface area contributed by atoms with Gasteiger partial charge in [-0.2, -0.15) is 0 Å². The Morgan fingerprint density at radius 1 is 1.47 bits per heavy atom. The molecule has 2 unspecified atom stereocenters. The van der Waals surface area contributed by atoms with Gasteiger partial charge in [-0.1, -0.05) is 0 Å². The third-order valence-corrected chi connectivity index (χ3v) is 2.19. The van der Waals surface area contributed by atoms with Gasteiger partial charge in [0.15, 0.2) is 0 Å². The maximum absolute atomic E-state index is 11.5. The first kappa shape index (κ1) is 12.3. The van der Waals surface area contributed by atoms with Gasteiger partial charge in [0, 0.05) is 18.4 Å². The van der Waals surface area contributed by atoms with Gasteiger partial charge in [0.05, 0.1) is 12.7 Å². The quantitative estimate of drug-likeness (QED) is 0.728. The zero-order valence-electron chi connectivity index (χ0n) is 10.0. The van der Waals surface area contributed by atoms with Gasteiger partial charge in [-0.25, -0.2) is 4.79 Å². The lowest BCUT2D eigenvalue weighted by Gasteiger charge is -2.28. The predicted octanol–water partition coefficient (Wildman–Crippen LogP) is 2.08. The summed E-state index contributed by atoms with van der Waals surface area (Å²) >= 11 is 0. The van der Waals surface area contributed by atoms with E-state index in [4.69, 9.17) is 9.47 Å². The second-order valence-electron chi connectivity index (χ2n) is 5.11. The molecule has 0 radical (unpaired) electrons. The van der Waals surface area contributed by atoms with Crippen LogP contribution >= 0.6 is 0 Å². The predicted molar refractivity (Wildman–Crippen MR) is 57.8 cm³/mol. The Bertz CT molecular complexity index is 222. The Morgan fingerprint density at radius 2 is 2.13 bits per heavy atom. The van der Waals surface area contributed by atoms with E-state index in [1.165, 1.54) is 0 Å². The Balaban J connectivity index is 2.31. The van der Waals surface area contributed by atoms with E-state index >= 15 is 0 Å². The van der Waals surface area contributed by atoms with E-state index in [1.807, 2.05) is 27.7 Å². The van der Waals surface area contributed by atoms with Gasteiger partial charge < -0.3 is 14.8 Å². The summed E-state index contributed by atoms with van der Waals surface area (Å²) in [5.74, 6) is 0. The molecule has 4 heteroatoms. The summed E-state index contributed by atoms with van der Waals surface area (Å²) in [5.41, 5.74) is -0.242. The van der Waals surface area contributed by atoms with Crippen molar-refractivity contribution in [1.29, 1.82) is 0 Å². The Morgan fingerprint density at radius 3 is 2.67 bits per heavy atom. The lowest BCUT2D eigenvalue weighted by Crippen LogP contribution is -2.43. The van der Waals surface area contributed by atoms with Crippen LogP contribution < -0.4 is 5.32 Å². The van der Waals surface area contributed by atoms with Gasteiger partial charge in [-0.15, -0.1) is 0 Å². The van der Waals surface area contributed by atoms with E-state index in [0.717, 1.165) is 12.8 Å². The van der Waals surface area contributed by atoms with Crippen molar-refractivity contribution >= 4 is 6.09 Å². The van der Waals surface area contributed by atoms with Crippen molar-refractivity contribution in [2.45, 2.75) is 58.3 Å². The number of amides is 1. The minimum atomic E-state index is -0.332. The van der Waals surface area contributed by atoms with E-state index in [1.54, 1.807) is 0 Å². The van der Waals surface area contributed by atoms with Crippen LogP contribution in [0.3, 0.4) is 0 Å². The van der Waals surface area contributed by atoms with Crippen LogP contribution in [0.15, 0.2) is 0 Å². The summed E-state index contributed by atoms with van der Waals surface area (Å²) in [5, 5.41) is 2.78. The van der Waals surface area contributed by atoms with Crippen LogP contribution in [-0.4, -0.2) is 30.4 Å². The minimum Gasteiger partial charge on any atom is -0.446 e. The largest absolute Gasteiger partial charge is 0.446 e. The molecule has 1 aliphatic heterocycles. The highest BCUT2D eigenvalue weighted by atomic mass is 16.6. The SMILES string of the molecule is CC1CC(OC(=O)NC(C)(C)C)CCO1. The first-order valence-electron chi connectivity index (χ1n) is 5.47. The maximum Gasteiger partial charge on any atom is 0.407 e. The minimum absolute atomic E-state index is 0.00361. The molecule has 0 bridgehead atoms. The summed E-state index contributed by atoms with van der Waals surface area (Å²) in [7, 11) is 0. The molecular weight excluding hydrogens is 194 g/mol. The van der Waals surface area contributed by atoms with E-state index in [9.17, 15) is 4.79 Å². The van der Waals surface area contributed by atoms with Crippen LogP contribution in [0.25, 0.3) is 0 Å². The highest BCUT2D eigenvalue weighted by Crippen LogP contribution is 2.16. The van der Waals surface area contributed by atoms with E-state index < -0.39 is 0 Å². The van der Waals surface area contributed by atoms with Crippen LogP contribution in [0.5, 0.6) is 0 Å². The number of nitrogens with one attached hydrogen (secondary N) is 1. The summed E-state index contributed by atoms with van der Waals surface area (Å²) in [6.45, 7) is 8.47. The number of carbonyl (C=O) groups is 1. The summed E-state index contributed by atoms with van der Waals surface area (Å²) in [4.78, 5) is 11.5. The van der Waals surface area contributed by atoms with Gasteiger partial charge in [-0.05, 0) is 27.7 Å². The second-order valence-corrected chi connectivity index (χ2v) is 5.11. The first-order valence-corrected chi connectivity index (χ1v) is 5.47. The highest BCUT2D eigenvalue weighted by molar-refractivity contribution is 5.68. The van der Waals surface area contributed by atoms with E-state index in [0.29, 0.717) is 6.61 Å². The first-order chi connectivity index (χ1) is 6.87. The van der Waals surface area contributed by atoms with Crippen LogP contribution in [-0.2, 0) is 9.47 Å². The standard InChI is InChI=1S/C11H21NO3/c1-8-7-9(5-6-14-8)15-10(13)12-11(2,3)4/h8-9H,5-7H2,1-4H3,(H,12,13). The fourth-order valence-corrected chi connectivity index (χ4v) is 1.55. The van der Waals surface area contributed by atoms with Crippen molar-refractivity contribution in [3.63, 3.8) is 0 Å². The Kier molecular flexibility index (Phi) is 3.97. The van der Waals surface area contributed by atoms with Crippen molar-refractivity contribution in [2.75, 3.05) is 6.61 Å². The number of ether oxygens (including phenoxy) is 2. The average Bonchev–Trinajstić information content (AvgIpc) is 1.99. The lowest BCUT2D eigenvalue weighted by molar-refractivity contribution is -0.0408. The number of rotatable bonds is 1. The zero-order chi connectivity index (χ0) is 11.5. The average molecular weight is 215 g/mol. The highest BCUT2D eigenvalue weighted by Gasteiger charge is 2.24. The molecule has 1 rings (SSSR count). The van der Waals surface area contributed by atoms with Gasteiger partial charge >= 0.3 is 6.09 Å². The van der Waals surface area contributed by atoms with Crippen molar-refractivity contribution in [2.24, 2.45) is 0 Å². The Labute approximate surface area is 91.3 Å². The normalized spacial score (nSPS) is 27.2. The molecule has 0 aromatic heterocycles. The maximum atomic E-state index is 11.5. The van der Waals surface area contributed by atoms with Gasteiger partial charge in [0.1, 0.15) is 6.10 Å². The molecule has 0 aliphatic carbocycles. The van der Waals surface area contributed by atoms with Crippen LogP contribution in [0.2, 0.25) is 0 Å². The molecule has 0 saturated carbocycles. The number of carbonyl (C=O) groups excluding carboxylic acids is 1.